The van der Waals surface area contributed by atoms with Crippen molar-refractivity contribution >= 4 is 17.3 Å². The number of nitrogens with zero attached hydrogens (tertiary/aromatic N) is 7. The first-order chi connectivity index (χ1) is 13.6. The van der Waals surface area contributed by atoms with Crippen molar-refractivity contribution < 1.29 is 0 Å². The molecule has 0 radical (unpaired) electrons. The SMILES string of the molecule is CCCc1nc(C)cc2nc(Nc3ccc(-n4cnc(C)c4)c(C#N)c3)nn12. The topological polar surface area (TPSA) is 96.7 Å². The summed E-state index contributed by atoms with van der Waals surface area (Å²) in [7, 11) is 0. The van der Waals surface area contributed by atoms with E-state index >= 15 is 0 Å². The zero-order chi connectivity index (χ0) is 19.7. The summed E-state index contributed by atoms with van der Waals surface area (Å²) in [6.45, 7) is 5.98. The third kappa shape index (κ3) is 3.30. The molecule has 0 saturated carbocycles. The lowest BCUT2D eigenvalue weighted by molar-refractivity contribution is 0.755. The minimum atomic E-state index is 0.472. The molecule has 8 heteroatoms. The van der Waals surface area contributed by atoms with Gasteiger partial charge in [-0.15, -0.1) is 5.10 Å². The zero-order valence-electron chi connectivity index (χ0n) is 16.0. The lowest BCUT2D eigenvalue weighted by atomic mass is 10.1. The number of benzene rings is 1. The molecule has 0 unspecified atom stereocenters. The van der Waals surface area contributed by atoms with Crippen LogP contribution in [0.3, 0.4) is 0 Å². The molecule has 0 spiro atoms. The first kappa shape index (κ1) is 17.7. The van der Waals surface area contributed by atoms with Gasteiger partial charge in [0.2, 0.25) is 5.95 Å². The van der Waals surface area contributed by atoms with Crippen LogP contribution in [0.5, 0.6) is 0 Å². The largest absolute Gasteiger partial charge is 0.323 e. The molecule has 0 amide bonds. The van der Waals surface area contributed by atoms with Gasteiger partial charge in [-0.05, 0) is 38.5 Å². The van der Waals surface area contributed by atoms with Crippen LogP contribution < -0.4 is 5.32 Å². The number of hydrogen-bond acceptors (Lipinski definition) is 6. The minimum absolute atomic E-state index is 0.472. The Morgan fingerprint density at radius 3 is 2.71 bits per heavy atom. The van der Waals surface area contributed by atoms with Gasteiger partial charge < -0.3 is 9.88 Å². The summed E-state index contributed by atoms with van der Waals surface area (Å²) in [5, 5.41) is 17.3. The average molecular weight is 372 g/mol. The molecule has 28 heavy (non-hydrogen) atoms. The van der Waals surface area contributed by atoms with Gasteiger partial charge in [0.15, 0.2) is 5.65 Å². The van der Waals surface area contributed by atoms with E-state index in [1.165, 1.54) is 0 Å². The smallest absolute Gasteiger partial charge is 0.247 e. The number of hydrogen-bond donors (Lipinski definition) is 1. The summed E-state index contributed by atoms with van der Waals surface area (Å²) in [5.74, 6) is 1.36. The van der Waals surface area contributed by atoms with Crippen molar-refractivity contribution in [3.63, 3.8) is 0 Å². The Bertz CT molecular complexity index is 1190. The molecule has 140 valence electrons. The highest BCUT2D eigenvalue weighted by Gasteiger charge is 2.11. The third-order valence-corrected chi connectivity index (χ3v) is 4.36. The van der Waals surface area contributed by atoms with Crippen LogP contribution in [0.25, 0.3) is 11.3 Å². The van der Waals surface area contributed by atoms with E-state index in [9.17, 15) is 5.26 Å². The molecule has 0 bridgehead atoms. The summed E-state index contributed by atoms with van der Waals surface area (Å²) in [6, 6.07) is 9.71. The van der Waals surface area contributed by atoms with Gasteiger partial charge in [0.25, 0.3) is 0 Å². The Kier molecular flexibility index (Phi) is 4.49. The molecule has 4 aromatic rings. The number of anilines is 2. The predicted molar refractivity (Wildman–Crippen MR) is 106 cm³/mol. The van der Waals surface area contributed by atoms with E-state index in [-0.39, 0.29) is 0 Å². The Balaban J connectivity index is 1.67. The number of imidazole rings is 1. The molecule has 0 saturated heterocycles. The first-order valence-electron chi connectivity index (χ1n) is 9.13. The normalized spacial score (nSPS) is 10.9. The van der Waals surface area contributed by atoms with Crippen LogP contribution in [-0.2, 0) is 6.42 Å². The zero-order valence-corrected chi connectivity index (χ0v) is 16.0. The Labute approximate surface area is 162 Å². The van der Waals surface area contributed by atoms with E-state index in [1.54, 1.807) is 16.9 Å². The highest BCUT2D eigenvalue weighted by Crippen LogP contribution is 2.22. The van der Waals surface area contributed by atoms with E-state index < -0.39 is 0 Å². The molecular weight excluding hydrogens is 352 g/mol. The van der Waals surface area contributed by atoms with Gasteiger partial charge in [0.05, 0.1) is 23.3 Å². The van der Waals surface area contributed by atoms with Crippen LogP contribution in [-0.4, -0.2) is 29.1 Å². The van der Waals surface area contributed by atoms with Crippen LogP contribution >= 0.6 is 0 Å². The third-order valence-electron chi connectivity index (χ3n) is 4.36. The molecule has 1 N–H and O–H groups in total. The minimum Gasteiger partial charge on any atom is -0.323 e. The van der Waals surface area contributed by atoms with Gasteiger partial charge in [-0.2, -0.15) is 14.8 Å². The predicted octanol–water partition coefficient (Wildman–Crippen LogP) is 3.49. The molecule has 0 aliphatic carbocycles. The Morgan fingerprint density at radius 2 is 2.00 bits per heavy atom. The summed E-state index contributed by atoms with van der Waals surface area (Å²) >= 11 is 0. The second kappa shape index (κ2) is 7.12. The van der Waals surface area contributed by atoms with Gasteiger partial charge >= 0.3 is 0 Å². The van der Waals surface area contributed by atoms with Crippen LogP contribution in [0.1, 0.15) is 36.1 Å². The lowest BCUT2D eigenvalue weighted by Crippen LogP contribution is -2.04. The fourth-order valence-corrected chi connectivity index (χ4v) is 3.13. The maximum Gasteiger partial charge on any atom is 0.247 e. The summed E-state index contributed by atoms with van der Waals surface area (Å²) < 4.78 is 3.61. The Morgan fingerprint density at radius 1 is 1.14 bits per heavy atom. The number of rotatable bonds is 5. The van der Waals surface area contributed by atoms with Crippen molar-refractivity contribution in [3.8, 4) is 11.8 Å². The van der Waals surface area contributed by atoms with Crippen LogP contribution in [0.4, 0.5) is 11.6 Å². The monoisotopic (exact) mass is 372 g/mol. The maximum atomic E-state index is 9.56. The molecular formula is C20H20N8. The van der Waals surface area contributed by atoms with Gasteiger partial charge in [-0.1, -0.05) is 6.92 Å². The van der Waals surface area contributed by atoms with E-state index in [0.29, 0.717) is 11.5 Å². The number of aromatic nitrogens is 6. The number of nitrogens with one attached hydrogen (secondary N) is 1. The molecule has 4 rings (SSSR count). The standard InChI is InChI=1S/C20H20N8/c1-4-5-18-23-13(2)8-19-25-20(26-28(18)19)24-16-6-7-17(15(9-16)10-21)27-11-14(3)22-12-27/h6-9,11-12H,4-5H2,1-3H3,(H,24,26). The molecule has 0 aliphatic heterocycles. The molecule has 3 heterocycles. The van der Waals surface area contributed by atoms with Crippen molar-refractivity contribution in [1.82, 2.24) is 29.1 Å². The van der Waals surface area contributed by atoms with Crippen LogP contribution in [0, 0.1) is 25.2 Å². The molecule has 1 aromatic carbocycles. The summed E-state index contributed by atoms with van der Waals surface area (Å²) in [5.41, 5.74) is 4.63. The van der Waals surface area contributed by atoms with Crippen molar-refractivity contribution in [3.05, 3.63) is 59.6 Å². The number of nitriles is 1. The van der Waals surface area contributed by atoms with Crippen molar-refractivity contribution in [2.75, 3.05) is 5.32 Å². The maximum absolute atomic E-state index is 9.56. The van der Waals surface area contributed by atoms with E-state index in [2.05, 4.69) is 38.4 Å². The van der Waals surface area contributed by atoms with Gasteiger partial charge in [0, 0.05) is 30.1 Å². The number of aryl methyl sites for hydroxylation is 3. The number of fused-ring (bicyclic) bond motifs is 1. The molecule has 8 nitrogen and oxygen atoms in total. The van der Waals surface area contributed by atoms with E-state index in [1.807, 2.05) is 42.8 Å². The second-order valence-corrected chi connectivity index (χ2v) is 6.66. The molecule has 0 aliphatic rings. The van der Waals surface area contributed by atoms with Crippen molar-refractivity contribution in [2.24, 2.45) is 0 Å². The quantitative estimate of drug-likeness (QED) is 0.576. The van der Waals surface area contributed by atoms with Gasteiger partial charge in [-0.3, -0.25) is 0 Å². The highest BCUT2D eigenvalue weighted by atomic mass is 15.4. The van der Waals surface area contributed by atoms with Crippen molar-refractivity contribution in [2.45, 2.75) is 33.6 Å². The van der Waals surface area contributed by atoms with Crippen LogP contribution in [0.2, 0.25) is 0 Å². The lowest BCUT2D eigenvalue weighted by Gasteiger charge is -2.08. The first-order valence-corrected chi connectivity index (χ1v) is 9.13. The fraction of sp³-hybridized carbons (Fsp3) is 0.250. The molecule has 3 aromatic heterocycles. The molecule has 0 fully saturated rings. The van der Waals surface area contributed by atoms with E-state index in [0.717, 1.165) is 47.1 Å². The summed E-state index contributed by atoms with van der Waals surface area (Å²) in [4.78, 5) is 13.3. The van der Waals surface area contributed by atoms with Gasteiger partial charge in [0.1, 0.15) is 11.9 Å². The highest BCUT2D eigenvalue weighted by molar-refractivity contribution is 5.63. The van der Waals surface area contributed by atoms with E-state index in [4.69, 9.17) is 0 Å². The summed E-state index contributed by atoms with van der Waals surface area (Å²) in [6.07, 6.45) is 5.40. The fourth-order valence-electron chi connectivity index (χ4n) is 3.13. The van der Waals surface area contributed by atoms with Crippen LogP contribution in [0.15, 0.2) is 36.8 Å². The van der Waals surface area contributed by atoms with Gasteiger partial charge in [-0.25, -0.2) is 9.97 Å². The second-order valence-electron chi connectivity index (χ2n) is 6.66. The van der Waals surface area contributed by atoms with Crippen molar-refractivity contribution in [1.29, 1.82) is 5.26 Å². The molecule has 0 atom stereocenters. The average Bonchev–Trinajstić information content (AvgIpc) is 3.27. The Hall–Kier alpha value is -3.73.